The van der Waals surface area contributed by atoms with Crippen molar-refractivity contribution in [2.45, 2.75) is 19.5 Å². The first-order chi connectivity index (χ1) is 9.13. The van der Waals surface area contributed by atoms with Gasteiger partial charge in [0.25, 0.3) is 0 Å². The van der Waals surface area contributed by atoms with Crippen LogP contribution in [-0.4, -0.2) is 7.11 Å². The standard InChI is InChI=1S/C16H18FOP/c1-11-7-6-8-13(16(11)18-3)12(2)19-15-10-5-4-9-14(15)17/h4-10,12,19H,1-3H3. The van der Waals surface area contributed by atoms with Crippen molar-refractivity contribution in [2.24, 2.45) is 0 Å². The molecule has 0 heterocycles. The Kier molecular flexibility index (Phi) is 4.55. The van der Waals surface area contributed by atoms with E-state index in [9.17, 15) is 4.39 Å². The maximum atomic E-state index is 13.7. The van der Waals surface area contributed by atoms with Crippen LogP contribution in [0.25, 0.3) is 0 Å². The maximum Gasteiger partial charge on any atom is 0.130 e. The summed E-state index contributed by atoms with van der Waals surface area (Å²) >= 11 is 0. The van der Waals surface area contributed by atoms with Gasteiger partial charge in [0.05, 0.1) is 7.11 Å². The van der Waals surface area contributed by atoms with Gasteiger partial charge in [0.2, 0.25) is 0 Å². The van der Waals surface area contributed by atoms with Gasteiger partial charge in [-0.3, -0.25) is 0 Å². The van der Waals surface area contributed by atoms with E-state index in [1.807, 2.05) is 31.2 Å². The SMILES string of the molecule is COc1c(C)cccc1C(C)Pc1ccccc1F. The number of para-hydroxylation sites is 1. The fraction of sp³-hybridized carbons (Fsp3) is 0.250. The first-order valence-electron chi connectivity index (χ1n) is 6.28. The molecule has 0 saturated heterocycles. The zero-order valence-electron chi connectivity index (χ0n) is 11.4. The predicted octanol–water partition coefficient (Wildman–Crippen LogP) is 4.21. The molecule has 2 rings (SSSR count). The molecule has 0 bridgehead atoms. The van der Waals surface area contributed by atoms with Gasteiger partial charge in [0.15, 0.2) is 0 Å². The normalized spacial score (nSPS) is 12.8. The fourth-order valence-corrected chi connectivity index (χ4v) is 3.45. The highest BCUT2D eigenvalue weighted by atomic mass is 31.1. The topological polar surface area (TPSA) is 9.23 Å². The van der Waals surface area contributed by atoms with E-state index in [-0.39, 0.29) is 11.5 Å². The maximum absolute atomic E-state index is 13.7. The van der Waals surface area contributed by atoms with Crippen LogP contribution >= 0.6 is 8.58 Å². The summed E-state index contributed by atoms with van der Waals surface area (Å²) in [5.41, 5.74) is 2.50. The molecular formula is C16H18FOP. The molecule has 1 nitrogen and oxygen atoms in total. The van der Waals surface area contributed by atoms with E-state index in [2.05, 4.69) is 13.0 Å². The van der Waals surface area contributed by atoms with Crippen LogP contribution < -0.4 is 10.0 Å². The molecule has 0 amide bonds. The molecule has 2 unspecified atom stereocenters. The minimum atomic E-state index is -0.126. The van der Waals surface area contributed by atoms with Crippen LogP contribution in [0.3, 0.4) is 0 Å². The molecule has 2 aromatic rings. The highest BCUT2D eigenvalue weighted by Crippen LogP contribution is 2.39. The molecule has 0 aliphatic heterocycles. The predicted molar refractivity (Wildman–Crippen MR) is 80.5 cm³/mol. The van der Waals surface area contributed by atoms with E-state index in [1.165, 1.54) is 6.07 Å². The molecule has 0 aromatic heterocycles. The van der Waals surface area contributed by atoms with Gasteiger partial charge in [-0.25, -0.2) is 4.39 Å². The quantitative estimate of drug-likeness (QED) is 0.760. The molecule has 0 fully saturated rings. The molecule has 0 N–H and O–H groups in total. The van der Waals surface area contributed by atoms with E-state index in [0.717, 1.165) is 22.2 Å². The lowest BCUT2D eigenvalue weighted by Crippen LogP contribution is -2.04. The van der Waals surface area contributed by atoms with Crippen LogP contribution in [0.15, 0.2) is 42.5 Å². The summed E-state index contributed by atoms with van der Waals surface area (Å²) in [7, 11) is 2.08. The monoisotopic (exact) mass is 276 g/mol. The largest absolute Gasteiger partial charge is 0.496 e. The Morgan fingerprint density at radius 2 is 1.84 bits per heavy atom. The minimum absolute atomic E-state index is 0.126. The van der Waals surface area contributed by atoms with Crippen LogP contribution in [0.5, 0.6) is 5.75 Å². The van der Waals surface area contributed by atoms with E-state index in [1.54, 1.807) is 13.2 Å². The Morgan fingerprint density at radius 1 is 1.11 bits per heavy atom. The second kappa shape index (κ2) is 6.16. The molecule has 3 heteroatoms. The number of benzene rings is 2. The van der Waals surface area contributed by atoms with Crippen molar-refractivity contribution in [1.29, 1.82) is 0 Å². The van der Waals surface area contributed by atoms with Gasteiger partial charge in [0, 0.05) is 16.5 Å². The number of methoxy groups -OCH3 is 1. The van der Waals surface area contributed by atoms with E-state index < -0.39 is 0 Å². The Morgan fingerprint density at radius 3 is 2.53 bits per heavy atom. The van der Waals surface area contributed by atoms with Crippen molar-refractivity contribution < 1.29 is 9.13 Å². The van der Waals surface area contributed by atoms with Crippen molar-refractivity contribution in [3.05, 3.63) is 59.4 Å². The van der Waals surface area contributed by atoms with Gasteiger partial charge in [0.1, 0.15) is 11.6 Å². The molecule has 2 aromatic carbocycles. The van der Waals surface area contributed by atoms with Crippen LogP contribution in [0.2, 0.25) is 0 Å². The van der Waals surface area contributed by atoms with Crippen LogP contribution in [-0.2, 0) is 0 Å². The van der Waals surface area contributed by atoms with Gasteiger partial charge < -0.3 is 4.74 Å². The summed E-state index contributed by atoms with van der Waals surface area (Å²) in [5.74, 6) is 0.790. The molecule has 0 spiro atoms. The molecule has 0 saturated carbocycles. The van der Waals surface area contributed by atoms with Crippen molar-refractivity contribution in [3.8, 4) is 5.75 Å². The van der Waals surface area contributed by atoms with Gasteiger partial charge in [-0.1, -0.05) is 51.9 Å². The van der Waals surface area contributed by atoms with Crippen LogP contribution in [0, 0.1) is 12.7 Å². The zero-order chi connectivity index (χ0) is 13.8. The summed E-state index contributed by atoms with van der Waals surface area (Å²) in [6, 6.07) is 13.1. The van der Waals surface area contributed by atoms with Crippen molar-refractivity contribution >= 4 is 13.9 Å². The van der Waals surface area contributed by atoms with Gasteiger partial charge >= 0.3 is 0 Å². The Hall–Kier alpha value is -1.40. The third-order valence-corrected chi connectivity index (χ3v) is 4.62. The Bertz CT molecular complexity index is 568. The first kappa shape index (κ1) is 14.0. The fourth-order valence-electron chi connectivity index (χ4n) is 2.18. The number of hydrogen-bond donors (Lipinski definition) is 0. The number of hydrogen-bond acceptors (Lipinski definition) is 1. The molecule has 100 valence electrons. The summed E-state index contributed by atoms with van der Waals surface area (Å²) in [5, 5.41) is 0.776. The van der Waals surface area contributed by atoms with E-state index >= 15 is 0 Å². The summed E-state index contributed by atoms with van der Waals surface area (Å²) in [4.78, 5) is 0. The highest BCUT2D eigenvalue weighted by molar-refractivity contribution is 7.47. The van der Waals surface area contributed by atoms with Crippen molar-refractivity contribution in [2.75, 3.05) is 7.11 Å². The average molecular weight is 276 g/mol. The van der Waals surface area contributed by atoms with Gasteiger partial charge in [-0.2, -0.15) is 0 Å². The van der Waals surface area contributed by atoms with Gasteiger partial charge in [-0.05, 0) is 18.6 Å². The molecule has 0 aliphatic rings. The zero-order valence-corrected chi connectivity index (χ0v) is 12.4. The smallest absolute Gasteiger partial charge is 0.130 e. The molecule has 0 radical (unpaired) electrons. The second-order valence-electron chi connectivity index (χ2n) is 4.54. The second-order valence-corrected chi connectivity index (χ2v) is 6.24. The van der Waals surface area contributed by atoms with Crippen molar-refractivity contribution in [1.82, 2.24) is 0 Å². The van der Waals surface area contributed by atoms with Crippen LogP contribution in [0.4, 0.5) is 4.39 Å². The Balaban J connectivity index is 2.28. The summed E-state index contributed by atoms with van der Waals surface area (Å²) in [6.45, 7) is 4.14. The molecule has 2 atom stereocenters. The number of halogens is 1. The number of aryl methyl sites for hydroxylation is 1. The van der Waals surface area contributed by atoms with E-state index in [4.69, 9.17) is 4.74 Å². The van der Waals surface area contributed by atoms with Crippen LogP contribution in [0.1, 0.15) is 23.7 Å². The molecule has 0 aliphatic carbocycles. The third kappa shape index (κ3) is 3.13. The lowest BCUT2D eigenvalue weighted by atomic mass is 10.1. The third-order valence-electron chi connectivity index (χ3n) is 3.16. The highest BCUT2D eigenvalue weighted by Gasteiger charge is 2.15. The first-order valence-corrected chi connectivity index (χ1v) is 7.35. The average Bonchev–Trinajstić information content (AvgIpc) is 2.41. The lowest BCUT2D eigenvalue weighted by Gasteiger charge is -2.17. The molecule has 19 heavy (non-hydrogen) atoms. The summed E-state index contributed by atoms with van der Waals surface area (Å²) in [6.07, 6.45) is 0. The molecular weight excluding hydrogens is 258 g/mol. The minimum Gasteiger partial charge on any atom is -0.496 e. The van der Waals surface area contributed by atoms with Gasteiger partial charge in [-0.15, -0.1) is 0 Å². The number of ether oxygens (including phenoxy) is 1. The lowest BCUT2D eigenvalue weighted by molar-refractivity contribution is 0.406. The van der Waals surface area contributed by atoms with Crippen molar-refractivity contribution in [3.63, 3.8) is 0 Å². The Labute approximate surface area is 115 Å². The number of rotatable bonds is 4. The van der Waals surface area contributed by atoms with E-state index in [0.29, 0.717) is 8.58 Å². The summed E-state index contributed by atoms with van der Waals surface area (Å²) < 4.78 is 19.2.